The average molecular weight is 328 g/mol. The highest BCUT2D eigenvalue weighted by atomic mass is 16.5. The van der Waals surface area contributed by atoms with Crippen molar-refractivity contribution in [2.75, 3.05) is 18.0 Å². The SMILES string of the molecule is O=C(NCc1ccco1)[C@H]1C[C@@H]2CCN(c3ncccn3)C[C@@H]2O1. The monoisotopic (exact) mass is 328 g/mol. The number of ether oxygens (including phenoxy) is 1. The zero-order valence-electron chi connectivity index (χ0n) is 13.3. The van der Waals surface area contributed by atoms with Gasteiger partial charge in [-0.15, -0.1) is 0 Å². The number of aromatic nitrogens is 2. The average Bonchev–Trinajstić information content (AvgIpc) is 3.29. The van der Waals surface area contributed by atoms with Crippen LogP contribution in [0, 0.1) is 5.92 Å². The number of amides is 1. The highest BCUT2D eigenvalue weighted by Gasteiger charge is 2.42. The summed E-state index contributed by atoms with van der Waals surface area (Å²) >= 11 is 0. The fraction of sp³-hybridized carbons (Fsp3) is 0.471. The number of carbonyl (C=O) groups is 1. The number of carbonyl (C=O) groups excluding carboxylic acids is 1. The van der Waals surface area contributed by atoms with Crippen LogP contribution in [0.3, 0.4) is 0 Å². The predicted octanol–water partition coefficient (Wildman–Crippen LogP) is 1.37. The van der Waals surface area contributed by atoms with Crippen LogP contribution in [-0.4, -0.2) is 41.2 Å². The third-order valence-corrected chi connectivity index (χ3v) is 4.70. The molecule has 3 atom stereocenters. The summed E-state index contributed by atoms with van der Waals surface area (Å²) in [5.41, 5.74) is 0. The molecule has 0 radical (unpaired) electrons. The summed E-state index contributed by atoms with van der Waals surface area (Å²) in [6, 6.07) is 5.46. The molecule has 0 aromatic carbocycles. The highest BCUT2D eigenvalue weighted by Crippen LogP contribution is 2.34. The van der Waals surface area contributed by atoms with Gasteiger partial charge in [-0.2, -0.15) is 0 Å². The third kappa shape index (κ3) is 3.12. The summed E-state index contributed by atoms with van der Waals surface area (Å²) in [5.74, 6) is 1.82. The smallest absolute Gasteiger partial charge is 0.249 e. The van der Waals surface area contributed by atoms with Crippen LogP contribution in [0.4, 0.5) is 5.95 Å². The Balaban J connectivity index is 1.33. The molecule has 1 N–H and O–H groups in total. The molecule has 24 heavy (non-hydrogen) atoms. The molecule has 0 aliphatic carbocycles. The van der Waals surface area contributed by atoms with Gasteiger partial charge in [-0.25, -0.2) is 9.97 Å². The van der Waals surface area contributed by atoms with Crippen molar-refractivity contribution < 1.29 is 13.9 Å². The maximum atomic E-state index is 12.3. The van der Waals surface area contributed by atoms with Crippen LogP contribution in [-0.2, 0) is 16.1 Å². The van der Waals surface area contributed by atoms with E-state index in [9.17, 15) is 4.79 Å². The van der Waals surface area contributed by atoms with Crippen molar-refractivity contribution in [1.29, 1.82) is 0 Å². The van der Waals surface area contributed by atoms with Gasteiger partial charge in [0, 0.05) is 25.5 Å². The summed E-state index contributed by atoms with van der Waals surface area (Å²) in [7, 11) is 0. The Morgan fingerprint density at radius 2 is 2.21 bits per heavy atom. The molecule has 2 saturated heterocycles. The summed E-state index contributed by atoms with van der Waals surface area (Å²) in [6.45, 7) is 2.02. The first kappa shape index (κ1) is 15.1. The normalized spacial score (nSPS) is 26.2. The van der Waals surface area contributed by atoms with E-state index in [-0.39, 0.29) is 18.1 Å². The van der Waals surface area contributed by atoms with E-state index in [1.165, 1.54) is 0 Å². The van der Waals surface area contributed by atoms with Gasteiger partial charge in [-0.1, -0.05) is 0 Å². The van der Waals surface area contributed by atoms with Crippen LogP contribution in [0.5, 0.6) is 0 Å². The Bertz CT molecular complexity index is 676. The molecule has 1 amide bonds. The second-order valence-electron chi connectivity index (χ2n) is 6.24. The van der Waals surface area contributed by atoms with E-state index in [0.29, 0.717) is 12.5 Å². The largest absolute Gasteiger partial charge is 0.467 e. The van der Waals surface area contributed by atoms with Crippen LogP contribution >= 0.6 is 0 Å². The number of piperidine rings is 1. The van der Waals surface area contributed by atoms with E-state index in [4.69, 9.17) is 9.15 Å². The molecule has 4 rings (SSSR count). The van der Waals surface area contributed by atoms with Gasteiger partial charge >= 0.3 is 0 Å². The number of furan rings is 1. The third-order valence-electron chi connectivity index (χ3n) is 4.70. The number of hydrogen-bond donors (Lipinski definition) is 1. The summed E-state index contributed by atoms with van der Waals surface area (Å²) in [4.78, 5) is 23.0. The molecular formula is C17H20N4O3. The minimum Gasteiger partial charge on any atom is -0.467 e. The molecule has 7 nitrogen and oxygen atoms in total. The Morgan fingerprint density at radius 3 is 3.00 bits per heavy atom. The van der Waals surface area contributed by atoms with Crippen molar-refractivity contribution in [3.05, 3.63) is 42.6 Å². The van der Waals surface area contributed by atoms with Crippen LogP contribution < -0.4 is 10.2 Å². The maximum absolute atomic E-state index is 12.3. The molecule has 7 heteroatoms. The van der Waals surface area contributed by atoms with E-state index in [2.05, 4.69) is 20.2 Å². The van der Waals surface area contributed by atoms with Crippen LogP contribution in [0.25, 0.3) is 0 Å². The summed E-state index contributed by atoms with van der Waals surface area (Å²) in [6.07, 6.45) is 6.53. The first-order valence-corrected chi connectivity index (χ1v) is 8.27. The predicted molar refractivity (Wildman–Crippen MR) is 86.2 cm³/mol. The molecule has 2 aromatic heterocycles. The van der Waals surface area contributed by atoms with E-state index in [1.54, 1.807) is 18.7 Å². The molecule has 0 unspecified atom stereocenters. The number of fused-ring (bicyclic) bond motifs is 1. The molecule has 2 aromatic rings. The topological polar surface area (TPSA) is 80.5 Å². The van der Waals surface area contributed by atoms with Gasteiger partial charge in [0.05, 0.1) is 18.9 Å². The van der Waals surface area contributed by atoms with Crippen LogP contribution in [0.15, 0.2) is 41.3 Å². The van der Waals surface area contributed by atoms with Crippen molar-refractivity contribution in [3.63, 3.8) is 0 Å². The highest BCUT2D eigenvalue weighted by molar-refractivity contribution is 5.81. The lowest BCUT2D eigenvalue weighted by atomic mass is 9.92. The lowest BCUT2D eigenvalue weighted by Gasteiger charge is -2.33. The van der Waals surface area contributed by atoms with E-state index in [0.717, 1.165) is 37.6 Å². The number of nitrogens with one attached hydrogen (secondary N) is 1. The number of hydrogen-bond acceptors (Lipinski definition) is 6. The number of nitrogens with zero attached hydrogens (tertiary/aromatic N) is 3. The lowest BCUT2D eigenvalue weighted by Crippen LogP contribution is -2.43. The minimum atomic E-state index is -0.383. The second kappa shape index (κ2) is 6.60. The van der Waals surface area contributed by atoms with Crippen molar-refractivity contribution in [1.82, 2.24) is 15.3 Å². The molecule has 2 aliphatic rings. The first-order valence-electron chi connectivity index (χ1n) is 8.27. The van der Waals surface area contributed by atoms with Gasteiger partial charge in [0.2, 0.25) is 11.9 Å². The van der Waals surface area contributed by atoms with Crippen molar-refractivity contribution >= 4 is 11.9 Å². The Kier molecular flexibility index (Phi) is 4.17. The number of rotatable bonds is 4. The number of anilines is 1. The summed E-state index contributed by atoms with van der Waals surface area (Å²) < 4.78 is 11.2. The Hall–Kier alpha value is -2.41. The second-order valence-corrected chi connectivity index (χ2v) is 6.24. The molecule has 4 heterocycles. The van der Waals surface area contributed by atoms with Gasteiger partial charge in [-0.3, -0.25) is 4.79 Å². The molecular weight excluding hydrogens is 308 g/mol. The molecule has 126 valence electrons. The van der Waals surface area contributed by atoms with E-state index in [1.807, 2.05) is 18.2 Å². The molecule has 2 fully saturated rings. The van der Waals surface area contributed by atoms with Gasteiger partial charge in [0.1, 0.15) is 11.9 Å². The summed E-state index contributed by atoms with van der Waals surface area (Å²) in [5, 5.41) is 2.88. The lowest BCUT2D eigenvalue weighted by molar-refractivity contribution is -0.132. The fourth-order valence-electron chi connectivity index (χ4n) is 3.44. The molecule has 0 bridgehead atoms. The molecule has 2 aliphatic heterocycles. The quantitative estimate of drug-likeness (QED) is 0.913. The van der Waals surface area contributed by atoms with Gasteiger partial charge in [0.15, 0.2) is 0 Å². The van der Waals surface area contributed by atoms with Gasteiger partial charge in [-0.05, 0) is 37.0 Å². The minimum absolute atomic E-state index is 0.0573. The maximum Gasteiger partial charge on any atom is 0.249 e. The zero-order chi connectivity index (χ0) is 16.4. The first-order chi connectivity index (χ1) is 11.8. The van der Waals surface area contributed by atoms with Crippen molar-refractivity contribution in [2.24, 2.45) is 5.92 Å². The van der Waals surface area contributed by atoms with Crippen LogP contribution in [0.2, 0.25) is 0 Å². The Morgan fingerprint density at radius 1 is 1.33 bits per heavy atom. The fourth-order valence-corrected chi connectivity index (χ4v) is 3.44. The van der Waals surface area contributed by atoms with Crippen LogP contribution in [0.1, 0.15) is 18.6 Å². The standard InChI is InChI=1S/C17H20N4O3/c22-16(20-10-13-3-1-8-23-13)14-9-12-4-7-21(11-15(12)24-14)17-18-5-2-6-19-17/h1-3,5-6,8,12,14-15H,4,7,9-11H2,(H,20,22)/t12-,14+,15-/m0/s1. The van der Waals surface area contributed by atoms with E-state index >= 15 is 0 Å². The molecule has 0 spiro atoms. The molecule has 0 saturated carbocycles. The van der Waals surface area contributed by atoms with E-state index < -0.39 is 0 Å². The van der Waals surface area contributed by atoms with Gasteiger partial charge < -0.3 is 19.4 Å². The van der Waals surface area contributed by atoms with Crippen molar-refractivity contribution in [2.45, 2.75) is 31.6 Å². The zero-order valence-corrected chi connectivity index (χ0v) is 13.3. The van der Waals surface area contributed by atoms with Crippen molar-refractivity contribution in [3.8, 4) is 0 Å². The Labute approximate surface area is 140 Å². The van der Waals surface area contributed by atoms with Gasteiger partial charge in [0.25, 0.3) is 0 Å².